The number of nitrogens with two attached hydrogens (primary N) is 1. The standard InChI is InChI=1S/C11H21N3O3S/c12-18(16,17)14-8-6-13(7-9-14)11(15)10-4-2-1-3-5-10/h10H,1-9H2,(H2,12,16,17). The molecule has 1 aliphatic heterocycles. The van der Waals surface area contributed by atoms with Gasteiger partial charge in [-0.25, -0.2) is 5.14 Å². The van der Waals surface area contributed by atoms with E-state index >= 15 is 0 Å². The predicted octanol–water partition coefficient (Wildman–Crippen LogP) is -0.0856. The van der Waals surface area contributed by atoms with E-state index in [-0.39, 0.29) is 11.8 Å². The Morgan fingerprint density at radius 1 is 1.00 bits per heavy atom. The number of amides is 1. The van der Waals surface area contributed by atoms with Gasteiger partial charge in [0.25, 0.3) is 10.2 Å². The molecule has 2 rings (SSSR count). The van der Waals surface area contributed by atoms with Crippen molar-refractivity contribution in [1.82, 2.24) is 9.21 Å². The molecule has 1 amide bonds. The van der Waals surface area contributed by atoms with Crippen molar-refractivity contribution in [1.29, 1.82) is 0 Å². The van der Waals surface area contributed by atoms with Crippen LogP contribution in [0.3, 0.4) is 0 Å². The zero-order valence-corrected chi connectivity index (χ0v) is 11.4. The Hall–Kier alpha value is -0.660. The lowest BCUT2D eigenvalue weighted by Crippen LogP contribution is -2.53. The van der Waals surface area contributed by atoms with Crippen molar-refractivity contribution in [2.24, 2.45) is 11.1 Å². The molecular formula is C11H21N3O3S. The second kappa shape index (κ2) is 5.54. The summed E-state index contributed by atoms with van der Waals surface area (Å²) >= 11 is 0. The van der Waals surface area contributed by atoms with Gasteiger partial charge in [-0.1, -0.05) is 19.3 Å². The first-order valence-electron chi connectivity index (χ1n) is 6.55. The third kappa shape index (κ3) is 3.21. The number of carbonyl (C=O) groups is 1. The highest BCUT2D eigenvalue weighted by Crippen LogP contribution is 2.25. The van der Waals surface area contributed by atoms with E-state index in [9.17, 15) is 13.2 Å². The third-order valence-corrected chi connectivity index (χ3v) is 4.95. The number of carbonyl (C=O) groups excluding carboxylic acids is 1. The van der Waals surface area contributed by atoms with Crippen molar-refractivity contribution in [3.63, 3.8) is 0 Å². The molecule has 2 N–H and O–H groups in total. The van der Waals surface area contributed by atoms with Crippen LogP contribution in [0.1, 0.15) is 32.1 Å². The summed E-state index contributed by atoms with van der Waals surface area (Å²) in [6, 6.07) is 0. The van der Waals surface area contributed by atoms with Gasteiger partial charge in [0.15, 0.2) is 0 Å². The maximum absolute atomic E-state index is 12.2. The fourth-order valence-corrected chi connectivity index (χ4v) is 3.44. The van der Waals surface area contributed by atoms with Crippen LogP contribution in [0.25, 0.3) is 0 Å². The third-order valence-electron chi connectivity index (χ3n) is 3.86. The molecule has 1 saturated carbocycles. The van der Waals surface area contributed by atoms with Crippen LogP contribution in [-0.2, 0) is 15.0 Å². The van der Waals surface area contributed by atoms with Gasteiger partial charge in [-0.15, -0.1) is 0 Å². The average molecular weight is 275 g/mol. The summed E-state index contributed by atoms with van der Waals surface area (Å²) in [5, 5.41) is 5.07. The maximum Gasteiger partial charge on any atom is 0.277 e. The fourth-order valence-electron chi connectivity index (χ4n) is 2.77. The molecule has 1 saturated heterocycles. The van der Waals surface area contributed by atoms with Crippen molar-refractivity contribution >= 4 is 16.1 Å². The molecule has 2 aliphatic rings. The van der Waals surface area contributed by atoms with E-state index in [1.54, 1.807) is 4.90 Å². The second-order valence-corrected chi connectivity index (χ2v) is 6.65. The molecule has 0 spiro atoms. The lowest BCUT2D eigenvalue weighted by Gasteiger charge is -2.35. The van der Waals surface area contributed by atoms with Gasteiger partial charge in [-0.3, -0.25) is 4.79 Å². The van der Waals surface area contributed by atoms with Gasteiger partial charge in [0.05, 0.1) is 0 Å². The van der Waals surface area contributed by atoms with Gasteiger partial charge in [0.1, 0.15) is 0 Å². The molecule has 7 heteroatoms. The van der Waals surface area contributed by atoms with Crippen molar-refractivity contribution in [3.05, 3.63) is 0 Å². The van der Waals surface area contributed by atoms with Gasteiger partial charge >= 0.3 is 0 Å². The van der Waals surface area contributed by atoms with Crippen LogP contribution in [0.15, 0.2) is 0 Å². The highest BCUT2D eigenvalue weighted by Gasteiger charge is 2.30. The average Bonchev–Trinajstić information content (AvgIpc) is 2.38. The largest absolute Gasteiger partial charge is 0.340 e. The molecule has 2 fully saturated rings. The normalized spacial score (nSPS) is 24.2. The summed E-state index contributed by atoms with van der Waals surface area (Å²) in [5.41, 5.74) is 0. The summed E-state index contributed by atoms with van der Waals surface area (Å²) in [4.78, 5) is 14.0. The Kier molecular flexibility index (Phi) is 4.24. The van der Waals surface area contributed by atoms with E-state index in [1.165, 1.54) is 10.7 Å². The number of piperazine rings is 1. The summed E-state index contributed by atoms with van der Waals surface area (Å²) in [7, 11) is -3.60. The first-order valence-corrected chi connectivity index (χ1v) is 8.05. The number of hydrogen-bond donors (Lipinski definition) is 1. The van der Waals surface area contributed by atoms with Crippen molar-refractivity contribution in [2.75, 3.05) is 26.2 Å². The van der Waals surface area contributed by atoms with Crippen LogP contribution in [0, 0.1) is 5.92 Å². The molecule has 0 bridgehead atoms. The van der Waals surface area contributed by atoms with Crippen LogP contribution in [0.4, 0.5) is 0 Å². The molecule has 6 nitrogen and oxygen atoms in total. The molecule has 18 heavy (non-hydrogen) atoms. The van der Waals surface area contributed by atoms with Gasteiger partial charge in [0.2, 0.25) is 5.91 Å². The number of hydrogen-bond acceptors (Lipinski definition) is 3. The number of nitrogens with zero attached hydrogens (tertiary/aromatic N) is 2. The Bertz CT molecular complexity index is 396. The molecule has 0 atom stereocenters. The lowest BCUT2D eigenvalue weighted by molar-refractivity contribution is -0.137. The van der Waals surface area contributed by atoms with Crippen LogP contribution in [0.5, 0.6) is 0 Å². The van der Waals surface area contributed by atoms with Crippen LogP contribution < -0.4 is 5.14 Å². The smallest absolute Gasteiger partial charge is 0.277 e. The molecule has 0 aromatic rings. The molecule has 0 radical (unpaired) electrons. The molecule has 0 unspecified atom stereocenters. The Morgan fingerprint density at radius 3 is 2.06 bits per heavy atom. The van der Waals surface area contributed by atoms with Crippen molar-refractivity contribution < 1.29 is 13.2 Å². The van der Waals surface area contributed by atoms with E-state index in [2.05, 4.69) is 0 Å². The topological polar surface area (TPSA) is 83.7 Å². The van der Waals surface area contributed by atoms with E-state index < -0.39 is 10.2 Å². The van der Waals surface area contributed by atoms with E-state index in [4.69, 9.17) is 5.14 Å². The van der Waals surface area contributed by atoms with Gasteiger partial charge in [0, 0.05) is 32.1 Å². The minimum absolute atomic E-state index is 0.153. The molecular weight excluding hydrogens is 254 g/mol. The number of rotatable bonds is 2. The predicted molar refractivity (Wildman–Crippen MR) is 67.8 cm³/mol. The molecule has 1 aliphatic carbocycles. The Balaban J connectivity index is 1.87. The minimum atomic E-state index is -3.60. The molecule has 0 aromatic heterocycles. The van der Waals surface area contributed by atoms with Crippen molar-refractivity contribution in [3.8, 4) is 0 Å². The zero-order chi connectivity index (χ0) is 13.2. The summed E-state index contributed by atoms with van der Waals surface area (Å²) < 4.78 is 23.6. The van der Waals surface area contributed by atoms with Gasteiger partial charge in [-0.05, 0) is 12.8 Å². The van der Waals surface area contributed by atoms with Crippen molar-refractivity contribution in [2.45, 2.75) is 32.1 Å². The lowest BCUT2D eigenvalue weighted by atomic mass is 9.88. The summed E-state index contributed by atoms with van der Waals surface area (Å²) in [5.74, 6) is 0.351. The summed E-state index contributed by atoms with van der Waals surface area (Å²) in [6.45, 7) is 1.56. The highest BCUT2D eigenvalue weighted by atomic mass is 32.2. The van der Waals surface area contributed by atoms with E-state index in [0.29, 0.717) is 26.2 Å². The molecule has 1 heterocycles. The first-order chi connectivity index (χ1) is 8.48. The monoisotopic (exact) mass is 275 g/mol. The fraction of sp³-hybridized carbons (Fsp3) is 0.909. The van der Waals surface area contributed by atoms with E-state index in [1.807, 2.05) is 0 Å². The maximum atomic E-state index is 12.2. The first kappa shape index (κ1) is 13.8. The molecule has 0 aromatic carbocycles. The van der Waals surface area contributed by atoms with E-state index in [0.717, 1.165) is 25.7 Å². The Morgan fingerprint density at radius 2 is 1.56 bits per heavy atom. The quantitative estimate of drug-likeness (QED) is 0.764. The van der Waals surface area contributed by atoms with Crippen LogP contribution in [0.2, 0.25) is 0 Å². The Labute approximate surface area is 108 Å². The minimum Gasteiger partial charge on any atom is -0.340 e. The van der Waals surface area contributed by atoms with Gasteiger partial charge in [-0.2, -0.15) is 12.7 Å². The zero-order valence-electron chi connectivity index (χ0n) is 10.5. The van der Waals surface area contributed by atoms with Crippen LogP contribution in [-0.4, -0.2) is 49.7 Å². The highest BCUT2D eigenvalue weighted by molar-refractivity contribution is 7.86. The second-order valence-electron chi connectivity index (χ2n) is 5.10. The summed E-state index contributed by atoms with van der Waals surface area (Å²) in [6.07, 6.45) is 5.45. The van der Waals surface area contributed by atoms with Crippen LogP contribution >= 0.6 is 0 Å². The van der Waals surface area contributed by atoms with Gasteiger partial charge < -0.3 is 4.90 Å². The SMILES string of the molecule is NS(=O)(=O)N1CCN(C(=O)C2CCCCC2)CC1. The molecule has 104 valence electrons.